The standard InChI is InChI=1S/C20H17ClF2N6O/c1-2-7-20(22,23)17-15(19(30)28-27-17)9-12-11-24-29-8-6-16(26-18(12)29)25-14-5-3-4-13(21)10-14/h3-6,8-11H,2,7H2,1H3,(H2,27,28,30). The molecule has 0 atom stereocenters. The van der Waals surface area contributed by atoms with Gasteiger partial charge in [-0.1, -0.05) is 31.0 Å². The molecule has 0 aliphatic carbocycles. The quantitative estimate of drug-likeness (QED) is 0.509. The van der Waals surface area contributed by atoms with Crippen LogP contribution < -0.4 is 16.3 Å². The highest BCUT2D eigenvalue weighted by molar-refractivity contribution is 6.30. The van der Waals surface area contributed by atoms with E-state index in [1.54, 1.807) is 43.5 Å². The van der Waals surface area contributed by atoms with Crippen molar-refractivity contribution >= 4 is 29.0 Å². The molecule has 10 heteroatoms. The van der Waals surface area contributed by atoms with E-state index in [4.69, 9.17) is 11.6 Å². The van der Waals surface area contributed by atoms with Crippen LogP contribution in [0.3, 0.4) is 0 Å². The average Bonchev–Trinajstić information content (AvgIpc) is 3.26. The Hall–Kier alpha value is -3.33. The minimum absolute atomic E-state index is 0.151. The monoisotopic (exact) mass is 430 g/mol. The summed E-state index contributed by atoms with van der Waals surface area (Å²) in [5.41, 5.74) is 0.145. The molecular weight excluding hydrogens is 414 g/mol. The molecule has 0 bridgehead atoms. The minimum Gasteiger partial charge on any atom is -0.296 e. The van der Waals surface area contributed by atoms with E-state index in [1.807, 2.05) is 0 Å². The van der Waals surface area contributed by atoms with E-state index >= 15 is 0 Å². The van der Waals surface area contributed by atoms with Crippen molar-refractivity contribution in [2.45, 2.75) is 25.7 Å². The number of rotatable bonds is 5. The number of benzene rings is 1. The summed E-state index contributed by atoms with van der Waals surface area (Å²) in [6.07, 6.45) is 4.35. The number of aromatic amines is 2. The first-order chi connectivity index (χ1) is 14.4. The van der Waals surface area contributed by atoms with Gasteiger partial charge in [0.2, 0.25) is 0 Å². The van der Waals surface area contributed by atoms with Crippen LogP contribution in [-0.4, -0.2) is 24.8 Å². The van der Waals surface area contributed by atoms with Gasteiger partial charge in [-0.15, -0.1) is 0 Å². The van der Waals surface area contributed by atoms with Crippen LogP contribution in [0, 0.1) is 0 Å². The molecule has 4 rings (SSSR count). The molecule has 7 nitrogen and oxygen atoms in total. The van der Waals surface area contributed by atoms with Gasteiger partial charge in [-0.25, -0.2) is 14.5 Å². The van der Waals surface area contributed by atoms with Crippen molar-refractivity contribution in [2.24, 2.45) is 4.99 Å². The second-order valence-corrected chi connectivity index (χ2v) is 7.15. The largest absolute Gasteiger partial charge is 0.296 e. The number of H-pyrrole nitrogens is 2. The molecular formula is C20H17ClF2N6O. The van der Waals surface area contributed by atoms with Crippen LogP contribution in [0.5, 0.6) is 0 Å². The average molecular weight is 431 g/mol. The van der Waals surface area contributed by atoms with Gasteiger partial charge in [-0.2, -0.15) is 13.9 Å². The molecule has 3 aromatic heterocycles. The number of hydrogen-bond donors (Lipinski definition) is 2. The molecule has 4 aromatic rings. The van der Waals surface area contributed by atoms with Crippen molar-refractivity contribution in [3.05, 3.63) is 80.1 Å². The van der Waals surface area contributed by atoms with Gasteiger partial charge in [0.15, 0.2) is 11.1 Å². The van der Waals surface area contributed by atoms with Gasteiger partial charge in [0, 0.05) is 28.9 Å². The Morgan fingerprint density at radius 3 is 2.90 bits per heavy atom. The molecule has 2 N–H and O–H groups in total. The predicted molar refractivity (Wildman–Crippen MR) is 109 cm³/mol. The fourth-order valence-corrected chi connectivity index (χ4v) is 3.29. The van der Waals surface area contributed by atoms with Gasteiger partial charge in [0.25, 0.3) is 11.5 Å². The van der Waals surface area contributed by atoms with E-state index in [0.29, 0.717) is 27.1 Å². The number of hydrogen-bond acceptors (Lipinski definition) is 4. The SMILES string of the molecule is CCCC(F)(F)c1[nH][nH]c(=O)c1C=c1cnn2ccc(=Nc3cccc(Cl)c3)nc12. The molecule has 0 fully saturated rings. The van der Waals surface area contributed by atoms with Crippen LogP contribution in [0.4, 0.5) is 14.5 Å². The fraction of sp³-hybridized carbons (Fsp3) is 0.200. The maximum absolute atomic E-state index is 14.4. The smallest absolute Gasteiger partial charge is 0.289 e. The Balaban J connectivity index is 1.86. The summed E-state index contributed by atoms with van der Waals surface area (Å²) < 4.78 is 30.4. The summed E-state index contributed by atoms with van der Waals surface area (Å²) in [5, 5.41) is 9.68. The Bertz CT molecular complexity index is 1390. The Kier molecular flexibility index (Phi) is 5.21. The molecule has 0 saturated heterocycles. The Morgan fingerprint density at radius 2 is 2.13 bits per heavy atom. The zero-order chi connectivity index (χ0) is 21.3. The first-order valence-electron chi connectivity index (χ1n) is 9.23. The molecule has 0 aliphatic heterocycles. The Morgan fingerprint density at radius 1 is 1.30 bits per heavy atom. The van der Waals surface area contributed by atoms with Crippen molar-refractivity contribution in [3.63, 3.8) is 0 Å². The zero-order valence-corrected chi connectivity index (χ0v) is 16.6. The van der Waals surface area contributed by atoms with Crippen molar-refractivity contribution < 1.29 is 8.78 Å². The number of nitrogens with one attached hydrogen (secondary N) is 2. The molecule has 0 aliphatic rings. The fourth-order valence-electron chi connectivity index (χ4n) is 3.11. The lowest BCUT2D eigenvalue weighted by molar-refractivity contribution is -0.0186. The van der Waals surface area contributed by atoms with Gasteiger partial charge in [0.1, 0.15) is 5.69 Å². The molecule has 0 spiro atoms. The van der Waals surface area contributed by atoms with Crippen molar-refractivity contribution in [2.75, 3.05) is 0 Å². The van der Waals surface area contributed by atoms with Crippen molar-refractivity contribution in [1.29, 1.82) is 0 Å². The zero-order valence-electron chi connectivity index (χ0n) is 15.9. The maximum atomic E-state index is 14.4. The molecule has 0 amide bonds. The first-order valence-corrected chi connectivity index (χ1v) is 9.60. The Labute approximate surface area is 173 Å². The van der Waals surface area contributed by atoms with E-state index in [2.05, 4.69) is 25.3 Å². The summed E-state index contributed by atoms with van der Waals surface area (Å²) in [6, 6.07) is 8.64. The van der Waals surface area contributed by atoms with Crippen molar-refractivity contribution in [3.8, 4) is 0 Å². The molecule has 3 heterocycles. The number of fused-ring (bicyclic) bond motifs is 1. The van der Waals surface area contributed by atoms with Crippen LogP contribution in [-0.2, 0) is 5.92 Å². The third-order valence-corrected chi connectivity index (χ3v) is 4.71. The third-order valence-electron chi connectivity index (χ3n) is 4.48. The highest BCUT2D eigenvalue weighted by Gasteiger charge is 2.35. The van der Waals surface area contributed by atoms with Gasteiger partial charge in [-0.3, -0.25) is 15.0 Å². The van der Waals surface area contributed by atoms with Crippen LogP contribution >= 0.6 is 11.6 Å². The number of aromatic nitrogens is 5. The molecule has 0 saturated carbocycles. The highest BCUT2D eigenvalue weighted by atomic mass is 35.5. The third kappa shape index (κ3) is 3.88. The molecule has 1 aromatic carbocycles. The van der Waals surface area contributed by atoms with E-state index in [1.165, 1.54) is 16.8 Å². The van der Waals surface area contributed by atoms with Gasteiger partial charge < -0.3 is 0 Å². The minimum atomic E-state index is -3.16. The topological polar surface area (TPSA) is 91.2 Å². The lowest BCUT2D eigenvalue weighted by atomic mass is 10.1. The lowest BCUT2D eigenvalue weighted by Crippen LogP contribution is -2.18. The summed E-state index contributed by atoms with van der Waals surface area (Å²) in [5.74, 6) is -3.16. The van der Waals surface area contributed by atoms with Crippen LogP contribution in [0.25, 0.3) is 11.7 Å². The summed E-state index contributed by atoms with van der Waals surface area (Å²) in [7, 11) is 0. The lowest BCUT2D eigenvalue weighted by Gasteiger charge is -2.13. The van der Waals surface area contributed by atoms with E-state index in [0.717, 1.165) is 0 Å². The van der Waals surface area contributed by atoms with Crippen LogP contribution in [0.2, 0.25) is 5.02 Å². The second-order valence-electron chi connectivity index (χ2n) is 6.71. The summed E-state index contributed by atoms with van der Waals surface area (Å²) in [4.78, 5) is 21.0. The number of nitrogens with zero attached hydrogens (tertiary/aromatic N) is 4. The van der Waals surface area contributed by atoms with Gasteiger partial charge in [-0.05, 0) is 24.3 Å². The van der Waals surface area contributed by atoms with Crippen molar-refractivity contribution in [1.82, 2.24) is 24.8 Å². The first kappa shape index (κ1) is 20.0. The number of alkyl halides is 2. The molecule has 154 valence electrons. The maximum Gasteiger partial charge on any atom is 0.289 e. The van der Waals surface area contributed by atoms with E-state index in [9.17, 15) is 13.6 Å². The number of halogens is 3. The van der Waals surface area contributed by atoms with Gasteiger partial charge >= 0.3 is 0 Å². The summed E-state index contributed by atoms with van der Waals surface area (Å²) in [6.45, 7) is 1.65. The normalized spacial score (nSPS) is 13.5. The predicted octanol–water partition coefficient (Wildman–Crippen LogP) is 3.07. The molecule has 0 radical (unpaired) electrons. The van der Waals surface area contributed by atoms with Crippen LogP contribution in [0.15, 0.2) is 52.5 Å². The van der Waals surface area contributed by atoms with E-state index in [-0.39, 0.29) is 18.4 Å². The van der Waals surface area contributed by atoms with Gasteiger partial charge in [0.05, 0.1) is 17.4 Å². The molecule has 30 heavy (non-hydrogen) atoms. The summed E-state index contributed by atoms with van der Waals surface area (Å²) >= 11 is 5.99. The highest BCUT2D eigenvalue weighted by Crippen LogP contribution is 2.32. The van der Waals surface area contributed by atoms with Crippen LogP contribution in [0.1, 0.15) is 31.0 Å². The van der Waals surface area contributed by atoms with E-state index < -0.39 is 17.2 Å². The second kappa shape index (κ2) is 7.83. The molecule has 0 unspecified atom stereocenters.